The van der Waals surface area contributed by atoms with Crippen LogP contribution in [0.3, 0.4) is 0 Å². The van der Waals surface area contributed by atoms with Crippen LogP contribution >= 0.6 is 11.3 Å². The van der Waals surface area contributed by atoms with E-state index in [9.17, 15) is 4.79 Å². The Hall–Kier alpha value is -1.38. The highest BCUT2D eigenvalue weighted by Crippen LogP contribution is 2.23. The van der Waals surface area contributed by atoms with E-state index in [0.29, 0.717) is 10.6 Å². The van der Waals surface area contributed by atoms with E-state index in [0.717, 1.165) is 0 Å². The maximum atomic E-state index is 11.8. The van der Waals surface area contributed by atoms with Gasteiger partial charge in [-0.3, -0.25) is 4.79 Å². The first-order chi connectivity index (χ1) is 7.01. The van der Waals surface area contributed by atoms with Crippen LogP contribution in [0.5, 0.6) is 0 Å². The summed E-state index contributed by atoms with van der Waals surface area (Å²) in [6.45, 7) is 3.56. The number of hydrogen-bond donors (Lipinski definition) is 2. The molecule has 0 aliphatic heterocycles. The molecule has 0 radical (unpaired) electrons. The van der Waals surface area contributed by atoms with E-state index >= 15 is 0 Å². The van der Waals surface area contributed by atoms with Crippen molar-refractivity contribution in [2.24, 2.45) is 0 Å². The summed E-state index contributed by atoms with van der Waals surface area (Å²) in [7, 11) is 1.72. The lowest BCUT2D eigenvalue weighted by molar-refractivity contribution is -0.121. The second kappa shape index (κ2) is 4.43. The maximum absolute atomic E-state index is 11.8. The molecule has 0 unspecified atom stereocenters. The Labute approximate surface area is 92.9 Å². The lowest BCUT2D eigenvalue weighted by Crippen LogP contribution is -2.47. The monoisotopic (exact) mass is 223 g/mol. The fourth-order valence-electron chi connectivity index (χ4n) is 0.867. The molecule has 0 spiro atoms. The highest BCUT2D eigenvalue weighted by atomic mass is 32.1. The number of nitrogens with one attached hydrogen (secondary N) is 2. The molecule has 1 rings (SSSR count). The van der Waals surface area contributed by atoms with E-state index in [1.165, 1.54) is 11.3 Å². The molecule has 1 aromatic heterocycles. The molecular weight excluding hydrogens is 210 g/mol. The third kappa shape index (κ3) is 2.55. The van der Waals surface area contributed by atoms with Crippen LogP contribution in [-0.2, 0) is 4.79 Å². The van der Waals surface area contributed by atoms with Gasteiger partial charge < -0.3 is 10.6 Å². The summed E-state index contributed by atoms with van der Waals surface area (Å²) >= 11 is 1.35. The number of likely N-dealkylation sites (N-methyl/N-ethyl adjacent to an activating group) is 1. The number of hydrogen-bond acceptors (Lipinski definition) is 4. The first-order valence-electron chi connectivity index (χ1n) is 4.49. The number of nitrogens with zero attached hydrogens (tertiary/aromatic N) is 1. The molecule has 80 valence electrons. The van der Waals surface area contributed by atoms with Crippen molar-refractivity contribution in [3.8, 4) is 6.07 Å². The molecule has 0 saturated heterocycles. The van der Waals surface area contributed by atoms with Gasteiger partial charge in [-0.15, -0.1) is 11.3 Å². The van der Waals surface area contributed by atoms with E-state index < -0.39 is 5.54 Å². The summed E-state index contributed by atoms with van der Waals surface area (Å²) in [4.78, 5) is 11.8. The Morgan fingerprint density at radius 1 is 1.60 bits per heavy atom. The molecule has 5 heteroatoms. The number of anilines is 1. The summed E-state index contributed by atoms with van der Waals surface area (Å²) in [5, 5.41) is 16.8. The minimum absolute atomic E-state index is 0.149. The van der Waals surface area contributed by atoms with Gasteiger partial charge in [0.25, 0.3) is 0 Å². The van der Waals surface area contributed by atoms with Crippen LogP contribution in [0.2, 0.25) is 0 Å². The predicted octanol–water partition coefficient (Wildman–Crippen LogP) is 1.56. The number of thiophene rings is 1. The van der Waals surface area contributed by atoms with Crippen molar-refractivity contribution >= 4 is 22.2 Å². The predicted molar refractivity (Wildman–Crippen MR) is 60.8 cm³/mol. The molecule has 4 nitrogen and oxygen atoms in total. The molecule has 0 aliphatic carbocycles. The van der Waals surface area contributed by atoms with Gasteiger partial charge in [0.1, 0.15) is 11.1 Å². The smallest absolute Gasteiger partial charge is 0.244 e. The zero-order chi connectivity index (χ0) is 11.5. The van der Waals surface area contributed by atoms with Crippen LogP contribution in [0.25, 0.3) is 0 Å². The summed E-state index contributed by atoms with van der Waals surface area (Å²) in [5.41, 5.74) is -0.142. The second-order valence-electron chi connectivity index (χ2n) is 3.60. The van der Waals surface area contributed by atoms with Crippen LogP contribution in [0, 0.1) is 11.3 Å². The number of carbonyl (C=O) groups excluding carboxylic acids is 1. The summed E-state index contributed by atoms with van der Waals surface area (Å²) in [6, 6.07) is 3.71. The number of carbonyl (C=O) groups is 1. The quantitative estimate of drug-likeness (QED) is 0.817. The van der Waals surface area contributed by atoms with Gasteiger partial charge in [0.15, 0.2) is 0 Å². The van der Waals surface area contributed by atoms with Crippen molar-refractivity contribution in [1.82, 2.24) is 5.32 Å². The van der Waals surface area contributed by atoms with Gasteiger partial charge in [-0.05, 0) is 32.3 Å². The normalized spacial score (nSPS) is 10.8. The van der Waals surface area contributed by atoms with Gasteiger partial charge in [-0.1, -0.05) is 0 Å². The molecule has 0 aliphatic rings. The summed E-state index contributed by atoms with van der Waals surface area (Å²) in [6.07, 6.45) is 0. The van der Waals surface area contributed by atoms with E-state index in [1.54, 1.807) is 32.3 Å². The Morgan fingerprint density at radius 3 is 2.80 bits per heavy atom. The highest BCUT2D eigenvalue weighted by Gasteiger charge is 2.25. The highest BCUT2D eigenvalue weighted by molar-refractivity contribution is 7.14. The van der Waals surface area contributed by atoms with Crippen molar-refractivity contribution in [2.45, 2.75) is 19.4 Å². The van der Waals surface area contributed by atoms with Crippen molar-refractivity contribution in [3.63, 3.8) is 0 Å². The molecule has 0 aromatic carbocycles. The zero-order valence-corrected chi connectivity index (χ0v) is 9.73. The van der Waals surface area contributed by atoms with Crippen LogP contribution in [0.1, 0.15) is 19.4 Å². The lowest BCUT2D eigenvalue weighted by Gasteiger charge is -2.22. The van der Waals surface area contributed by atoms with E-state index in [2.05, 4.69) is 10.6 Å². The Kier molecular flexibility index (Phi) is 3.45. The van der Waals surface area contributed by atoms with E-state index in [4.69, 9.17) is 5.26 Å². The Balaban J connectivity index is 2.80. The molecular formula is C10H13N3OS. The third-order valence-electron chi connectivity index (χ3n) is 2.21. The van der Waals surface area contributed by atoms with Gasteiger partial charge in [-0.25, -0.2) is 0 Å². The number of nitriles is 1. The molecule has 0 fully saturated rings. The van der Waals surface area contributed by atoms with Gasteiger partial charge in [0.2, 0.25) is 5.91 Å². The van der Waals surface area contributed by atoms with Gasteiger partial charge in [0.05, 0.1) is 11.1 Å². The standard InChI is InChI=1S/C10H13N3OS/c1-10(2,12-3)9(14)13-8-7(6-11)4-5-15-8/h4-5,12H,1-3H3,(H,13,14). The number of amides is 1. The Bertz CT molecular complexity index is 403. The van der Waals surface area contributed by atoms with Crippen molar-refractivity contribution in [3.05, 3.63) is 17.0 Å². The van der Waals surface area contributed by atoms with Crippen LogP contribution in [0.4, 0.5) is 5.00 Å². The van der Waals surface area contributed by atoms with Crippen LogP contribution in [-0.4, -0.2) is 18.5 Å². The Morgan fingerprint density at radius 2 is 2.27 bits per heavy atom. The fourth-order valence-corrected chi connectivity index (χ4v) is 1.60. The topological polar surface area (TPSA) is 64.9 Å². The van der Waals surface area contributed by atoms with E-state index in [-0.39, 0.29) is 5.91 Å². The van der Waals surface area contributed by atoms with Crippen molar-refractivity contribution < 1.29 is 4.79 Å². The van der Waals surface area contributed by atoms with Gasteiger partial charge in [0, 0.05) is 0 Å². The van der Waals surface area contributed by atoms with Crippen molar-refractivity contribution in [1.29, 1.82) is 5.26 Å². The molecule has 2 N–H and O–H groups in total. The molecule has 0 atom stereocenters. The largest absolute Gasteiger partial charge is 0.315 e. The summed E-state index contributed by atoms with van der Waals surface area (Å²) < 4.78 is 0. The third-order valence-corrected chi connectivity index (χ3v) is 3.04. The zero-order valence-electron chi connectivity index (χ0n) is 8.92. The minimum atomic E-state index is -0.642. The molecule has 0 bridgehead atoms. The van der Waals surface area contributed by atoms with Crippen molar-refractivity contribution in [2.75, 3.05) is 12.4 Å². The van der Waals surface area contributed by atoms with Gasteiger partial charge >= 0.3 is 0 Å². The molecule has 1 amide bonds. The average Bonchev–Trinajstić information content (AvgIpc) is 2.65. The maximum Gasteiger partial charge on any atom is 0.244 e. The van der Waals surface area contributed by atoms with Gasteiger partial charge in [-0.2, -0.15) is 5.26 Å². The summed E-state index contributed by atoms with van der Waals surface area (Å²) in [5.74, 6) is -0.149. The lowest BCUT2D eigenvalue weighted by atomic mass is 10.1. The number of rotatable bonds is 3. The molecule has 15 heavy (non-hydrogen) atoms. The minimum Gasteiger partial charge on any atom is -0.315 e. The molecule has 0 saturated carbocycles. The van der Waals surface area contributed by atoms with Crippen LogP contribution < -0.4 is 10.6 Å². The molecule has 1 aromatic rings. The first-order valence-corrected chi connectivity index (χ1v) is 5.37. The average molecular weight is 223 g/mol. The first kappa shape index (κ1) is 11.7. The SMILES string of the molecule is CNC(C)(C)C(=O)Nc1sccc1C#N. The molecule has 1 heterocycles. The fraction of sp³-hybridized carbons (Fsp3) is 0.400. The second-order valence-corrected chi connectivity index (χ2v) is 4.52. The van der Waals surface area contributed by atoms with E-state index in [1.807, 2.05) is 6.07 Å². The van der Waals surface area contributed by atoms with Crippen LogP contribution in [0.15, 0.2) is 11.4 Å².